The number of anilines is 1. The van der Waals surface area contributed by atoms with Gasteiger partial charge in [-0.2, -0.15) is 13.2 Å². The highest BCUT2D eigenvalue weighted by Crippen LogP contribution is 2.45. The van der Waals surface area contributed by atoms with E-state index in [0.717, 1.165) is 42.4 Å². The second-order valence-electron chi connectivity index (χ2n) is 16.4. The van der Waals surface area contributed by atoms with Crippen LogP contribution in [0.5, 0.6) is 5.75 Å². The summed E-state index contributed by atoms with van der Waals surface area (Å²) >= 11 is 6.43. The summed E-state index contributed by atoms with van der Waals surface area (Å²) in [6.45, 7) is 4.73. The molecule has 2 aromatic carbocycles. The monoisotopic (exact) mass is 855 g/mol. The molecule has 1 amide bonds. The summed E-state index contributed by atoms with van der Waals surface area (Å²) in [5.41, 5.74) is 3.06. The van der Waals surface area contributed by atoms with Gasteiger partial charge in [0.2, 0.25) is 15.9 Å². The maximum atomic E-state index is 16.8. The lowest BCUT2D eigenvalue weighted by atomic mass is 9.70. The van der Waals surface area contributed by atoms with Crippen molar-refractivity contribution in [3.8, 4) is 5.75 Å². The van der Waals surface area contributed by atoms with Crippen LogP contribution >= 0.6 is 11.6 Å². The lowest BCUT2D eigenvalue weighted by Gasteiger charge is -2.42. The van der Waals surface area contributed by atoms with Crippen LogP contribution in [0.4, 0.5) is 23.2 Å². The van der Waals surface area contributed by atoms with E-state index < -0.39 is 56.7 Å². The molecule has 1 spiro atoms. The number of fused-ring (bicyclic) bond motifs is 3. The minimum atomic E-state index is -4.52. The van der Waals surface area contributed by atoms with Crippen LogP contribution < -0.4 is 14.8 Å². The van der Waals surface area contributed by atoms with Crippen LogP contribution in [0.25, 0.3) is 0 Å². The largest absolute Gasteiger partial charge is 0.490 e. The van der Waals surface area contributed by atoms with Gasteiger partial charge in [-0.25, -0.2) is 17.9 Å². The van der Waals surface area contributed by atoms with Crippen molar-refractivity contribution in [2.45, 2.75) is 87.4 Å². The van der Waals surface area contributed by atoms with Gasteiger partial charge < -0.3 is 19.3 Å². The maximum absolute atomic E-state index is 16.8. The second-order valence-corrected chi connectivity index (χ2v) is 18.8. The summed E-state index contributed by atoms with van der Waals surface area (Å²) in [5, 5.41) is 5.09. The number of sulfonamides is 1. The van der Waals surface area contributed by atoms with Crippen LogP contribution in [0.3, 0.4) is 0 Å². The number of halogens is 5. The Morgan fingerprint density at radius 3 is 2.66 bits per heavy atom. The van der Waals surface area contributed by atoms with Gasteiger partial charge in [0, 0.05) is 68.4 Å². The van der Waals surface area contributed by atoms with E-state index in [1.54, 1.807) is 30.0 Å². The molecule has 17 heteroatoms. The maximum Gasteiger partial charge on any atom is 0.415 e. The number of nitrogens with zero attached hydrogens (tertiary/aromatic N) is 4. The van der Waals surface area contributed by atoms with Crippen LogP contribution in [0.2, 0.25) is 5.02 Å². The van der Waals surface area contributed by atoms with Gasteiger partial charge in [-0.3, -0.25) is 19.4 Å². The molecule has 1 unspecified atom stereocenters. The zero-order valence-electron chi connectivity index (χ0n) is 33.2. The lowest BCUT2D eigenvalue weighted by molar-refractivity contribution is -0.237. The van der Waals surface area contributed by atoms with Crippen LogP contribution in [0, 0.1) is 5.92 Å². The van der Waals surface area contributed by atoms with Crippen molar-refractivity contribution in [1.82, 2.24) is 14.7 Å². The third-order valence-electron chi connectivity index (χ3n) is 12.5. The number of nitrogens with two attached hydrogens (primary N) is 1. The first-order valence-corrected chi connectivity index (χ1v) is 21.9. The topological polar surface area (TPSA) is 126 Å². The Bertz CT molecular complexity index is 1960. The number of aldehydes is 1. The van der Waals surface area contributed by atoms with Crippen molar-refractivity contribution in [2.75, 3.05) is 71.0 Å². The third-order valence-corrected chi connectivity index (χ3v) is 14.3. The zero-order valence-corrected chi connectivity index (χ0v) is 34.8. The Hall–Kier alpha value is -3.28. The summed E-state index contributed by atoms with van der Waals surface area (Å²) in [5.74, 6) is -1.25. The van der Waals surface area contributed by atoms with Crippen molar-refractivity contribution in [3.63, 3.8) is 0 Å². The number of hydrogen-bond acceptors (Lipinski definition) is 9. The summed E-state index contributed by atoms with van der Waals surface area (Å²) in [7, 11) is -2.39. The highest BCUT2D eigenvalue weighted by Gasteiger charge is 2.46. The first kappa shape index (κ1) is 44.3. The first-order chi connectivity index (χ1) is 27.4. The van der Waals surface area contributed by atoms with Gasteiger partial charge in [0.1, 0.15) is 23.9 Å². The first-order valence-electron chi connectivity index (χ1n) is 19.9. The number of allylic oxidation sites excluding steroid dienone is 1. The van der Waals surface area contributed by atoms with E-state index in [1.165, 1.54) is 24.9 Å². The predicted molar refractivity (Wildman–Crippen MR) is 215 cm³/mol. The molecule has 3 aliphatic heterocycles. The molecule has 2 saturated heterocycles. The van der Waals surface area contributed by atoms with Crippen molar-refractivity contribution in [3.05, 3.63) is 70.0 Å². The minimum Gasteiger partial charge on any atom is -0.490 e. The summed E-state index contributed by atoms with van der Waals surface area (Å²) in [6.07, 6.45) is -0.490. The van der Waals surface area contributed by atoms with E-state index in [0.29, 0.717) is 55.4 Å². The van der Waals surface area contributed by atoms with Crippen molar-refractivity contribution < 1.29 is 45.0 Å². The van der Waals surface area contributed by atoms with Crippen LogP contribution in [0.15, 0.2) is 48.3 Å². The number of carbonyl (C=O) groups excluding carboxylic acids is 2. The summed E-state index contributed by atoms with van der Waals surface area (Å²) in [6, 6.07) is 9.54. The van der Waals surface area contributed by atoms with Crippen LogP contribution in [0.1, 0.15) is 67.4 Å². The molecule has 0 radical (unpaired) electrons. The Morgan fingerprint density at radius 2 is 1.93 bits per heavy atom. The number of benzene rings is 2. The lowest BCUT2D eigenvalue weighted by Crippen LogP contribution is -2.55. The van der Waals surface area contributed by atoms with E-state index in [-0.39, 0.29) is 45.2 Å². The van der Waals surface area contributed by atoms with Gasteiger partial charge in [-0.15, -0.1) is 0 Å². The number of ether oxygens (including phenoxy) is 2. The number of carbonyl (C=O) groups is 2. The number of primary sulfonamides is 1. The number of rotatable bonds is 13. The molecule has 0 saturated carbocycles. The molecular weight excluding hydrogens is 802 g/mol. The molecule has 4 aliphatic rings. The number of amides is 1. The fraction of sp³-hybridized carbons (Fsp3) is 0.610. The normalized spacial score (nSPS) is 25.0. The van der Waals surface area contributed by atoms with Gasteiger partial charge in [0.25, 0.3) is 0 Å². The number of aryl methyl sites for hydroxylation is 1. The smallest absolute Gasteiger partial charge is 0.415 e. The van der Waals surface area contributed by atoms with Crippen molar-refractivity contribution >= 4 is 39.5 Å². The van der Waals surface area contributed by atoms with E-state index in [1.807, 2.05) is 17.0 Å². The van der Waals surface area contributed by atoms with Crippen LogP contribution in [-0.2, 0) is 31.4 Å². The standard InChI is InChI=1S/C41H54ClF4N5O6S/c1-27(28(2)58(47,54)55)8-12-34(43)38(39(53)48(3)16-17-49-18-19-56-37(23-49)41(44,45)46)51-15-5-7-32(51)22-50-25-40(14-4-6-30-21-31(42)10-11-33(30)40)26-57-36-13-9-29(24-52)20-35(36)50/h9-13,20-21,24,27-28,32,37-38H,4-8,14-19,22-23,25-26H2,1-3H3,(H2,47,54,55)/b34-12-/t27-,28+,32-,37?,38+,40-/m0/s1. The van der Waals surface area contributed by atoms with Crippen molar-refractivity contribution in [2.24, 2.45) is 11.1 Å². The Morgan fingerprint density at radius 1 is 1.16 bits per heavy atom. The predicted octanol–water partition coefficient (Wildman–Crippen LogP) is 5.74. The number of alkyl halides is 3. The number of hydrogen-bond donors (Lipinski definition) is 1. The molecular formula is C41H54ClF4N5O6S. The van der Waals surface area contributed by atoms with E-state index in [4.69, 9.17) is 26.2 Å². The Labute approximate surface area is 343 Å². The summed E-state index contributed by atoms with van der Waals surface area (Å²) in [4.78, 5) is 33.5. The average molecular weight is 856 g/mol. The molecule has 6 atom stereocenters. The van der Waals surface area contributed by atoms with E-state index in [9.17, 15) is 31.2 Å². The SMILES string of the molecule is C[C@H]([C@@H](C)C/C=C(\F)[C@H](C(=O)N(C)CCN1CCOC(C(F)(F)F)C1)N1CCC[C@H]1CN1C[C@@]2(CCCc3cc(Cl)ccc32)COc2ccc(C=O)cc21)S(N)(=O)=O. The molecule has 1 aliphatic carbocycles. The molecule has 2 fully saturated rings. The molecule has 0 aromatic heterocycles. The molecule has 11 nitrogen and oxygen atoms in total. The molecule has 0 bridgehead atoms. The van der Waals surface area contributed by atoms with Gasteiger partial charge >= 0.3 is 6.18 Å². The second kappa shape index (κ2) is 18.1. The molecule has 320 valence electrons. The fourth-order valence-electron chi connectivity index (χ4n) is 8.91. The van der Waals surface area contributed by atoms with Crippen LogP contribution in [-0.4, -0.2) is 131 Å². The van der Waals surface area contributed by atoms with Gasteiger partial charge in [0.05, 0.1) is 24.2 Å². The fourth-order valence-corrected chi connectivity index (χ4v) is 9.86. The molecule has 2 aromatic rings. The average Bonchev–Trinajstić information content (AvgIpc) is 3.57. The van der Waals surface area contributed by atoms with Gasteiger partial charge in [-0.05, 0) is 99.4 Å². The van der Waals surface area contributed by atoms with Gasteiger partial charge in [0.15, 0.2) is 6.10 Å². The third kappa shape index (κ3) is 10.0. The molecule has 2 N–H and O–H groups in total. The number of likely N-dealkylation sites (N-methyl/N-ethyl adjacent to an activating group) is 1. The van der Waals surface area contributed by atoms with Gasteiger partial charge in [-0.1, -0.05) is 30.7 Å². The highest BCUT2D eigenvalue weighted by atomic mass is 35.5. The van der Waals surface area contributed by atoms with E-state index in [2.05, 4.69) is 11.0 Å². The Kier molecular flexibility index (Phi) is 13.8. The highest BCUT2D eigenvalue weighted by molar-refractivity contribution is 7.89. The quantitative estimate of drug-likeness (QED) is 0.199. The molecule has 3 heterocycles. The Balaban J connectivity index is 1.30. The van der Waals surface area contributed by atoms with E-state index >= 15 is 4.39 Å². The number of likely N-dealkylation sites (tertiary alicyclic amines) is 1. The zero-order chi connectivity index (χ0) is 42.0. The molecule has 58 heavy (non-hydrogen) atoms. The minimum absolute atomic E-state index is 0.000698. The van der Waals surface area contributed by atoms with Crippen molar-refractivity contribution in [1.29, 1.82) is 0 Å². The number of morpholine rings is 1. The summed E-state index contributed by atoms with van der Waals surface area (Å²) < 4.78 is 92.8. The molecule has 6 rings (SSSR count).